The number of ether oxygens (including phenoxy) is 2. The van der Waals surface area contributed by atoms with Crippen molar-refractivity contribution >= 4 is 40.7 Å². The van der Waals surface area contributed by atoms with E-state index in [0.717, 1.165) is 4.68 Å². The van der Waals surface area contributed by atoms with Gasteiger partial charge in [0.2, 0.25) is 5.91 Å². The average molecular weight is 759 g/mol. The van der Waals surface area contributed by atoms with Crippen LogP contribution in [0.15, 0.2) is 36.5 Å². The Bertz CT molecular complexity index is 1710. The number of carbonyl (C=O) groups is 2. The Morgan fingerprint density at radius 3 is 2.31 bits per heavy atom. The summed E-state index contributed by atoms with van der Waals surface area (Å²) in [6.07, 6.45) is -4.29. The molecule has 0 spiro atoms. The molecule has 2 saturated heterocycles. The molecule has 1 unspecified atom stereocenters. The van der Waals surface area contributed by atoms with Gasteiger partial charge in [-0.15, -0.1) is 5.10 Å². The fourth-order valence-corrected chi connectivity index (χ4v) is 7.47. The summed E-state index contributed by atoms with van der Waals surface area (Å²) in [5.74, 6) is -5.96. The van der Waals surface area contributed by atoms with Crippen molar-refractivity contribution in [3.8, 4) is 11.3 Å². The lowest BCUT2D eigenvalue weighted by Gasteiger charge is -2.46. The molecule has 51 heavy (non-hydrogen) atoms. The molecule has 4 N–H and O–H groups in total. The van der Waals surface area contributed by atoms with Crippen molar-refractivity contribution in [1.82, 2.24) is 19.9 Å². The molecular formula is C33H36Cl2F3N5O8. The first-order valence-electron chi connectivity index (χ1n) is 16.4. The third-order valence-electron chi connectivity index (χ3n) is 9.51. The number of aromatic nitrogens is 3. The SMILES string of the molecule is O=C(CO[C@@H]1[C@@H](n2cc(-c3cc(F)c(F)c(F)c3)nn2)[C@@H](O)[C@@H](CO)O[C@H]1C(=O)N(c1cc(Cl)cc(Cl)c1)[C@H]1CCCC[C@@H]1O)N1CCC(O)C1. The Balaban J connectivity index is 1.42. The standard InChI is InChI=1S/C33H36Cl2F3N5O8/c34-17-9-18(35)11-19(10-17)43(24-3-1-2-4-25(24)46)33(49)32-31(50-15-27(47)41-6-5-20(45)12-41)29(30(48)26(14-44)51-32)42-13-23(39-40-42)16-7-21(36)28(38)22(37)8-16/h7-11,13,20,24-26,29-32,44-46,48H,1-6,12,14-15H2/t20?,24-,25-,26+,29-,30-,31+,32+/m0/s1. The molecule has 2 aromatic carbocycles. The zero-order chi connectivity index (χ0) is 36.6. The molecule has 3 fully saturated rings. The molecule has 276 valence electrons. The van der Waals surface area contributed by atoms with Crippen molar-refractivity contribution < 1.29 is 52.7 Å². The molecule has 2 amide bonds. The van der Waals surface area contributed by atoms with Crippen LogP contribution in [0.2, 0.25) is 10.0 Å². The van der Waals surface area contributed by atoms with Gasteiger partial charge in [-0.25, -0.2) is 17.9 Å². The van der Waals surface area contributed by atoms with E-state index in [4.69, 9.17) is 32.7 Å². The molecule has 0 radical (unpaired) electrons. The van der Waals surface area contributed by atoms with Gasteiger partial charge in [0.15, 0.2) is 23.6 Å². The van der Waals surface area contributed by atoms with E-state index < -0.39 is 91.2 Å². The quantitative estimate of drug-likeness (QED) is 0.238. The molecule has 2 aliphatic heterocycles. The topological polar surface area (TPSA) is 171 Å². The number of anilines is 1. The second kappa shape index (κ2) is 15.7. The van der Waals surface area contributed by atoms with Crippen LogP contribution in [0.3, 0.4) is 0 Å². The molecule has 3 aromatic rings. The fraction of sp³-hybridized carbons (Fsp3) is 0.515. The fourth-order valence-electron chi connectivity index (χ4n) is 6.96. The summed E-state index contributed by atoms with van der Waals surface area (Å²) in [4.78, 5) is 30.7. The highest BCUT2D eigenvalue weighted by atomic mass is 35.5. The number of rotatable bonds is 9. The first-order chi connectivity index (χ1) is 24.4. The van der Waals surface area contributed by atoms with Crippen molar-refractivity contribution in [2.75, 3.05) is 31.2 Å². The lowest BCUT2D eigenvalue weighted by Crippen LogP contribution is -2.63. The van der Waals surface area contributed by atoms with Crippen LogP contribution in [-0.4, -0.2) is 121 Å². The zero-order valence-corrected chi connectivity index (χ0v) is 28.5. The molecule has 18 heteroatoms. The Labute approximate surface area is 300 Å². The van der Waals surface area contributed by atoms with Gasteiger partial charge in [-0.3, -0.25) is 9.59 Å². The molecule has 13 nitrogen and oxygen atoms in total. The summed E-state index contributed by atoms with van der Waals surface area (Å²) in [6, 6.07) is 3.64. The van der Waals surface area contributed by atoms with Crippen molar-refractivity contribution in [2.45, 2.75) is 80.8 Å². The largest absolute Gasteiger partial charge is 0.394 e. The first-order valence-corrected chi connectivity index (χ1v) is 17.2. The normalized spacial score (nSPS) is 28.2. The minimum Gasteiger partial charge on any atom is -0.394 e. The minimum atomic E-state index is -1.68. The summed E-state index contributed by atoms with van der Waals surface area (Å²) in [7, 11) is 0. The second-order valence-electron chi connectivity index (χ2n) is 12.9. The Hall–Kier alpha value is -3.35. The van der Waals surface area contributed by atoms with E-state index in [9.17, 15) is 43.2 Å². The number of amides is 2. The predicted octanol–water partition coefficient (Wildman–Crippen LogP) is 2.65. The number of hydrogen-bond donors (Lipinski definition) is 4. The second-order valence-corrected chi connectivity index (χ2v) is 13.8. The van der Waals surface area contributed by atoms with Gasteiger partial charge in [0.25, 0.3) is 5.91 Å². The number of β-amino-alcohol motifs (C(OH)–C–C–N with tert-alkyl or cyclic N) is 1. The molecule has 1 aliphatic carbocycles. The average Bonchev–Trinajstić information content (AvgIpc) is 3.76. The van der Waals surface area contributed by atoms with E-state index in [0.29, 0.717) is 44.2 Å². The van der Waals surface area contributed by atoms with E-state index in [1.54, 1.807) is 0 Å². The van der Waals surface area contributed by atoms with E-state index in [2.05, 4.69) is 10.3 Å². The Kier molecular flexibility index (Phi) is 11.5. The smallest absolute Gasteiger partial charge is 0.259 e. The summed E-state index contributed by atoms with van der Waals surface area (Å²) in [6.45, 7) is -1.11. The number of hydrogen-bond acceptors (Lipinski definition) is 10. The number of halogens is 5. The van der Waals surface area contributed by atoms with Gasteiger partial charge < -0.3 is 39.7 Å². The molecule has 3 aliphatic rings. The van der Waals surface area contributed by atoms with E-state index in [1.807, 2.05) is 0 Å². The molecule has 0 bridgehead atoms. The van der Waals surface area contributed by atoms with E-state index in [1.165, 1.54) is 34.2 Å². The van der Waals surface area contributed by atoms with Gasteiger partial charge in [-0.1, -0.05) is 41.3 Å². The molecular weight excluding hydrogens is 722 g/mol. The maximum atomic E-state index is 14.9. The number of aliphatic hydroxyl groups is 4. The van der Waals surface area contributed by atoms with Gasteiger partial charge >= 0.3 is 0 Å². The van der Waals surface area contributed by atoms with Crippen molar-refractivity contribution in [3.05, 3.63) is 64.0 Å². The van der Waals surface area contributed by atoms with Crippen LogP contribution in [0.25, 0.3) is 11.3 Å². The summed E-state index contributed by atoms with van der Waals surface area (Å²) in [5.41, 5.74) is -0.114. The first kappa shape index (κ1) is 37.4. The highest BCUT2D eigenvalue weighted by Crippen LogP contribution is 2.38. The third-order valence-corrected chi connectivity index (χ3v) is 9.95. The van der Waals surface area contributed by atoms with Gasteiger partial charge in [-0.2, -0.15) is 0 Å². The number of carbonyl (C=O) groups excluding carboxylic acids is 2. The molecule has 3 heterocycles. The highest BCUT2D eigenvalue weighted by Gasteiger charge is 2.52. The number of benzene rings is 2. The van der Waals surface area contributed by atoms with Gasteiger partial charge in [0.1, 0.15) is 36.7 Å². The summed E-state index contributed by atoms with van der Waals surface area (Å²) in [5, 5.41) is 51.3. The zero-order valence-electron chi connectivity index (χ0n) is 27.0. The van der Waals surface area contributed by atoms with Crippen LogP contribution < -0.4 is 4.90 Å². The van der Waals surface area contributed by atoms with Crippen LogP contribution in [0.4, 0.5) is 18.9 Å². The van der Waals surface area contributed by atoms with Crippen molar-refractivity contribution in [2.24, 2.45) is 0 Å². The van der Waals surface area contributed by atoms with Crippen LogP contribution in [-0.2, 0) is 19.1 Å². The third kappa shape index (κ3) is 7.88. The van der Waals surface area contributed by atoms with E-state index in [-0.39, 0.29) is 40.1 Å². The maximum absolute atomic E-state index is 14.9. The van der Waals surface area contributed by atoms with Crippen LogP contribution in [0, 0.1) is 17.5 Å². The van der Waals surface area contributed by atoms with Gasteiger partial charge in [0.05, 0.1) is 31.1 Å². The van der Waals surface area contributed by atoms with Crippen LogP contribution in [0.5, 0.6) is 0 Å². The van der Waals surface area contributed by atoms with Crippen LogP contribution in [0.1, 0.15) is 38.1 Å². The molecule has 8 atom stereocenters. The number of likely N-dealkylation sites (tertiary alicyclic amines) is 1. The summed E-state index contributed by atoms with van der Waals surface area (Å²) < 4.78 is 55.2. The Morgan fingerprint density at radius 2 is 1.69 bits per heavy atom. The van der Waals surface area contributed by atoms with Crippen molar-refractivity contribution in [1.29, 1.82) is 0 Å². The highest BCUT2D eigenvalue weighted by molar-refractivity contribution is 6.35. The lowest BCUT2D eigenvalue weighted by atomic mass is 9.88. The lowest BCUT2D eigenvalue weighted by molar-refractivity contribution is -0.217. The van der Waals surface area contributed by atoms with Crippen molar-refractivity contribution in [3.63, 3.8) is 0 Å². The predicted molar refractivity (Wildman–Crippen MR) is 175 cm³/mol. The van der Waals surface area contributed by atoms with Gasteiger partial charge in [-0.05, 0) is 49.6 Å². The maximum Gasteiger partial charge on any atom is 0.259 e. The van der Waals surface area contributed by atoms with Gasteiger partial charge in [0, 0.05) is 34.4 Å². The molecule has 6 rings (SSSR count). The summed E-state index contributed by atoms with van der Waals surface area (Å²) >= 11 is 12.7. The minimum absolute atomic E-state index is 0.0600. The van der Waals surface area contributed by atoms with E-state index >= 15 is 0 Å². The Morgan fingerprint density at radius 1 is 1.00 bits per heavy atom. The number of aliphatic hydroxyl groups excluding tert-OH is 4. The molecule has 1 aromatic heterocycles. The number of nitrogens with zero attached hydrogens (tertiary/aromatic N) is 5. The van der Waals surface area contributed by atoms with Crippen LogP contribution >= 0.6 is 23.2 Å². The monoisotopic (exact) mass is 757 g/mol. The molecule has 1 saturated carbocycles.